The lowest BCUT2D eigenvalue weighted by molar-refractivity contribution is -0.124. The second-order valence-corrected chi connectivity index (χ2v) is 8.12. The molecule has 0 aromatic carbocycles. The minimum absolute atomic E-state index is 0.103. The number of nitrogens with zero attached hydrogens (tertiary/aromatic N) is 4. The number of fused-ring (bicyclic) bond motifs is 1. The van der Waals surface area contributed by atoms with Gasteiger partial charge in [-0.1, -0.05) is 0 Å². The Hall–Kier alpha value is -2.83. The molecule has 0 radical (unpaired) electrons. The molecular weight excluding hydrogens is 356 g/mol. The summed E-state index contributed by atoms with van der Waals surface area (Å²) in [6, 6.07) is 6.38. The van der Waals surface area contributed by atoms with Gasteiger partial charge in [-0.05, 0) is 62.8 Å². The van der Waals surface area contributed by atoms with E-state index in [9.17, 15) is 15.3 Å². The predicted octanol–water partition coefficient (Wildman–Crippen LogP) is 3.90. The number of aromatic nitrogens is 1. The molecule has 5 nitrogen and oxygen atoms in total. The molecule has 1 aliphatic rings. The highest BCUT2D eigenvalue weighted by atomic mass is 32.1. The fourth-order valence-corrected chi connectivity index (χ4v) is 5.06. The van der Waals surface area contributed by atoms with Gasteiger partial charge in [0, 0.05) is 30.4 Å². The SMILES string of the molecule is Cc1cc(/C=C(/C#N)C(=O)N(C)C)c(C)n1-c1sc2c(c1C#N)CCCC2. The molecule has 0 unspecified atom stereocenters. The summed E-state index contributed by atoms with van der Waals surface area (Å²) in [5.41, 5.74) is 4.83. The molecule has 1 amide bonds. The minimum Gasteiger partial charge on any atom is -0.344 e. The van der Waals surface area contributed by atoms with Crippen LogP contribution in [0.25, 0.3) is 11.1 Å². The Labute approximate surface area is 163 Å². The molecule has 27 heavy (non-hydrogen) atoms. The number of carbonyl (C=O) groups excluding carboxylic acids is 1. The van der Waals surface area contributed by atoms with Gasteiger partial charge in [-0.2, -0.15) is 10.5 Å². The Morgan fingerprint density at radius 3 is 2.59 bits per heavy atom. The van der Waals surface area contributed by atoms with Crippen molar-refractivity contribution in [2.45, 2.75) is 39.5 Å². The predicted molar refractivity (Wildman–Crippen MR) is 107 cm³/mol. The van der Waals surface area contributed by atoms with E-state index >= 15 is 0 Å². The molecular formula is C21H22N4OS. The Morgan fingerprint density at radius 1 is 1.26 bits per heavy atom. The first-order valence-electron chi connectivity index (χ1n) is 8.96. The molecule has 0 saturated carbocycles. The van der Waals surface area contributed by atoms with Crippen molar-refractivity contribution < 1.29 is 4.79 Å². The second-order valence-electron chi connectivity index (χ2n) is 7.03. The lowest BCUT2D eigenvalue weighted by atomic mass is 9.96. The lowest BCUT2D eigenvalue weighted by Gasteiger charge is -2.10. The first-order valence-corrected chi connectivity index (χ1v) is 9.78. The second kappa shape index (κ2) is 7.42. The smallest absolute Gasteiger partial charge is 0.264 e. The Morgan fingerprint density at radius 2 is 1.96 bits per heavy atom. The number of amides is 1. The summed E-state index contributed by atoms with van der Waals surface area (Å²) < 4.78 is 2.09. The maximum Gasteiger partial charge on any atom is 0.264 e. The van der Waals surface area contributed by atoms with E-state index in [1.807, 2.05) is 26.0 Å². The van der Waals surface area contributed by atoms with Gasteiger partial charge in [0.05, 0.1) is 5.56 Å². The van der Waals surface area contributed by atoms with E-state index in [1.54, 1.807) is 31.5 Å². The number of aryl methyl sites for hydroxylation is 2. The van der Waals surface area contributed by atoms with Crippen LogP contribution < -0.4 is 0 Å². The maximum atomic E-state index is 12.2. The molecule has 3 rings (SSSR count). The number of likely N-dealkylation sites (N-methyl/N-ethyl adjacent to an activating group) is 1. The zero-order valence-electron chi connectivity index (χ0n) is 16.1. The van der Waals surface area contributed by atoms with Crippen LogP contribution in [0.1, 0.15) is 45.8 Å². The Kier molecular flexibility index (Phi) is 5.21. The third-order valence-electron chi connectivity index (χ3n) is 4.99. The van der Waals surface area contributed by atoms with E-state index in [4.69, 9.17) is 0 Å². The van der Waals surface area contributed by atoms with Crippen molar-refractivity contribution in [3.8, 4) is 17.1 Å². The van der Waals surface area contributed by atoms with E-state index in [2.05, 4.69) is 10.6 Å². The van der Waals surface area contributed by atoms with Gasteiger partial charge in [0.25, 0.3) is 5.91 Å². The van der Waals surface area contributed by atoms with Gasteiger partial charge in [-0.15, -0.1) is 11.3 Å². The summed E-state index contributed by atoms with van der Waals surface area (Å²) in [4.78, 5) is 14.9. The third-order valence-corrected chi connectivity index (χ3v) is 6.27. The molecule has 0 aliphatic heterocycles. The van der Waals surface area contributed by atoms with Crippen LogP contribution in [0.3, 0.4) is 0 Å². The topological polar surface area (TPSA) is 72.8 Å². The zero-order valence-corrected chi connectivity index (χ0v) is 16.9. The van der Waals surface area contributed by atoms with Gasteiger partial charge >= 0.3 is 0 Å². The summed E-state index contributed by atoms with van der Waals surface area (Å²) in [6.45, 7) is 3.96. The van der Waals surface area contributed by atoms with Crippen molar-refractivity contribution in [2.24, 2.45) is 0 Å². The van der Waals surface area contributed by atoms with E-state index in [1.165, 1.54) is 21.8 Å². The first kappa shape index (κ1) is 18.9. The fourth-order valence-electron chi connectivity index (χ4n) is 3.61. The average Bonchev–Trinajstić information content (AvgIpc) is 3.15. The van der Waals surface area contributed by atoms with Crippen LogP contribution >= 0.6 is 11.3 Å². The number of thiophene rings is 1. The van der Waals surface area contributed by atoms with Crippen LogP contribution in [0.15, 0.2) is 11.6 Å². The largest absolute Gasteiger partial charge is 0.344 e. The summed E-state index contributed by atoms with van der Waals surface area (Å²) in [6.07, 6.45) is 5.95. The van der Waals surface area contributed by atoms with Crippen molar-refractivity contribution in [3.05, 3.63) is 44.6 Å². The molecule has 0 spiro atoms. The fraction of sp³-hybridized carbons (Fsp3) is 0.381. The molecule has 138 valence electrons. The summed E-state index contributed by atoms with van der Waals surface area (Å²) >= 11 is 1.70. The van der Waals surface area contributed by atoms with Gasteiger partial charge in [-0.3, -0.25) is 4.79 Å². The molecule has 2 aromatic rings. The van der Waals surface area contributed by atoms with Crippen molar-refractivity contribution in [3.63, 3.8) is 0 Å². The summed E-state index contributed by atoms with van der Waals surface area (Å²) in [5, 5.41) is 20.1. The van der Waals surface area contributed by atoms with Crippen LogP contribution in [-0.2, 0) is 17.6 Å². The van der Waals surface area contributed by atoms with Crippen molar-refractivity contribution in [1.82, 2.24) is 9.47 Å². The van der Waals surface area contributed by atoms with Crippen LogP contribution in [-0.4, -0.2) is 29.5 Å². The molecule has 6 heteroatoms. The average molecular weight is 379 g/mol. The molecule has 2 heterocycles. The van der Waals surface area contributed by atoms with Crippen molar-refractivity contribution in [2.75, 3.05) is 14.1 Å². The molecule has 2 aromatic heterocycles. The van der Waals surface area contributed by atoms with Gasteiger partial charge in [0.15, 0.2) is 0 Å². The number of carbonyl (C=O) groups is 1. The van der Waals surface area contributed by atoms with Crippen LogP contribution in [0.2, 0.25) is 0 Å². The van der Waals surface area contributed by atoms with E-state index in [-0.39, 0.29) is 11.5 Å². The maximum absolute atomic E-state index is 12.2. The first-order chi connectivity index (χ1) is 12.9. The van der Waals surface area contributed by atoms with Crippen molar-refractivity contribution >= 4 is 23.3 Å². The number of nitriles is 2. The molecule has 1 aliphatic carbocycles. The molecule has 0 atom stereocenters. The monoisotopic (exact) mass is 378 g/mol. The quantitative estimate of drug-likeness (QED) is 0.600. The molecule has 0 saturated heterocycles. The number of rotatable bonds is 3. The summed E-state index contributed by atoms with van der Waals surface area (Å²) in [5.74, 6) is -0.313. The van der Waals surface area contributed by atoms with E-state index < -0.39 is 0 Å². The highest BCUT2D eigenvalue weighted by Gasteiger charge is 2.24. The normalized spacial score (nSPS) is 13.6. The standard InChI is InChI=1S/C21H22N4OS/c1-13-9-15(10-16(11-22)20(26)24(3)4)14(2)25(13)21-18(12-23)17-7-5-6-8-19(17)27-21/h9-10H,5-8H2,1-4H3/b16-10-. The molecule has 0 fully saturated rings. The van der Waals surface area contributed by atoms with Gasteiger partial charge in [-0.25, -0.2) is 0 Å². The molecule has 0 N–H and O–H groups in total. The van der Waals surface area contributed by atoms with Gasteiger partial charge < -0.3 is 9.47 Å². The minimum atomic E-state index is -0.313. The highest BCUT2D eigenvalue weighted by Crippen LogP contribution is 2.38. The zero-order chi connectivity index (χ0) is 19.7. The van der Waals surface area contributed by atoms with Crippen LogP contribution in [0.5, 0.6) is 0 Å². The number of hydrogen-bond acceptors (Lipinski definition) is 4. The Bertz CT molecular complexity index is 1020. The highest BCUT2D eigenvalue weighted by molar-refractivity contribution is 7.15. The van der Waals surface area contributed by atoms with Gasteiger partial charge in [0.1, 0.15) is 22.7 Å². The van der Waals surface area contributed by atoms with Crippen molar-refractivity contribution in [1.29, 1.82) is 10.5 Å². The number of hydrogen-bond donors (Lipinski definition) is 0. The molecule has 0 bridgehead atoms. The Balaban J connectivity index is 2.14. The van der Waals surface area contributed by atoms with Crippen LogP contribution in [0.4, 0.5) is 0 Å². The third kappa shape index (κ3) is 3.29. The van der Waals surface area contributed by atoms with E-state index in [0.717, 1.165) is 46.8 Å². The van der Waals surface area contributed by atoms with Gasteiger partial charge in [0.2, 0.25) is 0 Å². The lowest BCUT2D eigenvalue weighted by Crippen LogP contribution is -2.22. The van der Waals surface area contributed by atoms with Crippen LogP contribution in [0, 0.1) is 36.5 Å². The van der Waals surface area contributed by atoms with E-state index in [0.29, 0.717) is 0 Å². The summed E-state index contributed by atoms with van der Waals surface area (Å²) in [7, 11) is 3.26.